The molecule has 1 unspecified atom stereocenters. The van der Waals surface area contributed by atoms with E-state index in [1.165, 1.54) is 0 Å². The van der Waals surface area contributed by atoms with E-state index in [9.17, 15) is 13.2 Å². The van der Waals surface area contributed by atoms with Gasteiger partial charge in [-0.15, -0.1) is 0 Å². The van der Waals surface area contributed by atoms with Crippen LogP contribution >= 0.6 is 0 Å². The lowest BCUT2D eigenvalue weighted by Gasteiger charge is -2.08. The van der Waals surface area contributed by atoms with Gasteiger partial charge in [0.25, 0.3) is 6.23 Å². The molecular formula is C3H3F3N2O. The van der Waals surface area contributed by atoms with Crippen molar-refractivity contribution in [3.05, 3.63) is 0 Å². The van der Waals surface area contributed by atoms with E-state index in [2.05, 4.69) is 9.83 Å². The fraction of sp³-hybridized carbons (Fsp3) is 0.667. The van der Waals surface area contributed by atoms with Crippen LogP contribution < -0.4 is 5.48 Å². The van der Waals surface area contributed by atoms with Crippen LogP contribution in [0.5, 0.6) is 0 Å². The molecular weight excluding hydrogens is 137 g/mol. The Bertz CT molecular complexity index is 132. The van der Waals surface area contributed by atoms with Crippen molar-refractivity contribution in [2.45, 2.75) is 12.4 Å². The van der Waals surface area contributed by atoms with Crippen LogP contribution in [0.15, 0.2) is 4.99 Å². The summed E-state index contributed by atoms with van der Waals surface area (Å²) in [7, 11) is 0. The zero-order chi connectivity index (χ0) is 6.91. The van der Waals surface area contributed by atoms with Crippen molar-refractivity contribution in [1.29, 1.82) is 0 Å². The van der Waals surface area contributed by atoms with Crippen LogP contribution in [0.1, 0.15) is 0 Å². The first-order valence-electron chi connectivity index (χ1n) is 2.10. The van der Waals surface area contributed by atoms with Crippen LogP contribution in [0, 0.1) is 0 Å². The van der Waals surface area contributed by atoms with E-state index >= 15 is 0 Å². The average molecular weight is 140 g/mol. The topological polar surface area (TPSA) is 33.6 Å². The van der Waals surface area contributed by atoms with E-state index < -0.39 is 12.4 Å². The Morgan fingerprint density at radius 2 is 2.22 bits per heavy atom. The van der Waals surface area contributed by atoms with E-state index in [0.29, 0.717) is 0 Å². The summed E-state index contributed by atoms with van der Waals surface area (Å²) in [6.07, 6.45) is -5.57. The van der Waals surface area contributed by atoms with Gasteiger partial charge in [-0.1, -0.05) is 0 Å². The minimum absolute atomic E-state index is 0.859. The number of halogens is 3. The van der Waals surface area contributed by atoms with Crippen LogP contribution in [0.3, 0.4) is 0 Å². The molecule has 1 atom stereocenters. The standard InChI is InChI=1S/C3H3F3N2O/c4-3(5,6)2-7-1-8-9-2/h1-2H,(H,7,8). The second-order valence-corrected chi connectivity index (χ2v) is 1.41. The van der Waals surface area contributed by atoms with Crippen LogP contribution in [-0.4, -0.2) is 18.7 Å². The smallest absolute Gasteiger partial charge is 0.253 e. The molecule has 0 spiro atoms. The molecule has 1 aliphatic heterocycles. The molecule has 3 nitrogen and oxygen atoms in total. The fourth-order valence-electron chi connectivity index (χ4n) is 0.375. The molecule has 1 aliphatic rings. The molecule has 0 aromatic heterocycles. The molecule has 0 bridgehead atoms. The summed E-state index contributed by atoms with van der Waals surface area (Å²) in [6, 6.07) is 0. The molecule has 0 aromatic rings. The van der Waals surface area contributed by atoms with Gasteiger partial charge < -0.3 is 0 Å². The first-order chi connectivity index (χ1) is 4.11. The second kappa shape index (κ2) is 1.87. The highest BCUT2D eigenvalue weighted by molar-refractivity contribution is 5.54. The van der Waals surface area contributed by atoms with E-state index in [-0.39, 0.29) is 0 Å². The summed E-state index contributed by atoms with van der Waals surface area (Å²) in [5, 5.41) is 0. The highest BCUT2D eigenvalue weighted by Gasteiger charge is 2.42. The number of nitrogens with one attached hydrogen (secondary N) is 1. The molecule has 0 saturated heterocycles. The Morgan fingerprint density at radius 1 is 1.56 bits per heavy atom. The number of rotatable bonds is 0. The molecule has 52 valence electrons. The predicted molar refractivity (Wildman–Crippen MR) is 22.6 cm³/mol. The Hall–Kier alpha value is -0.780. The summed E-state index contributed by atoms with van der Waals surface area (Å²) >= 11 is 0. The van der Waals surface area contributed by atoms with Gasteiger partial charge in [0, 0.05) is 0 Å². The summed E-state index contributed by atoms with van der Waals surface area (Å²) in [6.45, 7) is 0. The maximum atomic E-state index is 11.5. The van der Waals surface area contributed by atoms with Gasteiger partial charge >= 0.3 is 6.18 Å². The third-order valence-corrected chi connectivity index (χ3v) is 0.722. The van der Waals surface area contributed by atoms with Gasteiger partial charge in [0.1, 0.15) is 6.34 Å². The minimum Gasteiger partial charge on any atom is -0.253 e. The fourth-order valence-corrected chi connectivity index (χ4v) is 0.375. The molecule has 0 saturated carbocycles. The molecule has 0 fully saturated rings. The third-order valence-electron chi connectivity index (χ3n) is 0.722. The first kappa shape index (κ1) is 6.34. The van der Waals surface area contributed by atoms with Crippen molar-refractivity contribution in [2.24, 2.45) is 4.99 Å². The van der Waals surface area contributed by atoms with Crippen LogP contribution in [0.25, 0.3) is 0 Å². The summed E-state index contributed by atoms with van der Waals surface area (Å²) < 4.78 is 34.4. The van der Waals surface area contributed by atoms with Crippen molar-refractivity contribution in [3.8, 4) is 0 Å². The molecule has 0 aromatic carbocycles. The van der Waals surface area contributed by atoms with Crippen LogP contribution in [0.2, 0.25) is 0 Å². The molecule has 1 rings (SSSR count). The summed E-state index contributed by atoms with van der Waals surface area (Å²) in [4.78, 5) is 6.84. The number of hydrogen-bond donors (Lipinski definition) is 1. The molecule has 1 heterocycles. The number of alkyl halides is 3. The number of aliphatic imine (C=N–C) groups is 1. The minimum atomic E-state index is -4.40. The number of nitrogens with zero attached hydrogens (tertiary/aromatic N) is 1. The van der Waals surface area contributed by atoms with Crippen molar-refractivity contribution in [2.75, 3.05) is 0 Å². The third kappa shape index (κ3) is 1.32. The Kier molecular flexibility index (Phi) is 1.32. The zero-order valence-corrected chi connectivity index (χ0v) is 4.14. The zero-order valence-electron chi connectivity index (χ0n) is 4.14. The van der Waals surface area contributed by atoms with Gasteiger partial charge in [-0.2, -0.15) is 13.2 Å². The summed E-state index contributed by atoms with van der Waals surface area (Å²) in [5.74, 6) is 0. The SMILES string of the molecule is FC(F)(F)C1N=CNO1. The monoisotopic (exact) mass is 140 g/mol. The molecule has 0 aliphatic carbocycles. The Morgan fingerprint density at radius 3 is 2.44 bits per heavy atom. The highest BCUT2D eigenvalue weighted by Crippen LogP contribution is 2.23. The second-order valence-electron chi connectivity index (χ2n) is 1.41. The summed E-state index contributed by atoms with van der Waals surface area (Å²) in [5.41, 5.74) is 1.87. The average Bonchev–Trinajstić information content (AvgIpc) is 2.08. The van der Waals surface area contributed by atoms with Crippen molar-refractivity contribution >= 4 is 6.34 Å². The van der Waals surface area contributed by atoms with Gasteiger partial charge in [0.05, 0.1) is 0 Å². The quantitative estimate of drug-likeness (QED) is 0.529. The van der Waals surface area contributed by atoms with Crippen molar-refractivity contribution in [1.82, 2.24) is 5.48 Å². The van der Waals surface area contributed by atoms with Crippen molar-refractivity contribution < 1.29 is 18.0 Å². The van der Waals surface area contributed by atoms with Gasteiger partial charge in [-0.05, 0) is 0 Å². The Balaban J connectivity index is 2.53. The largest absolute Gasteiger partial charge is 0.437 e. The number of hydroxylamine groups is 1. The maximum Gasteiger partial charge on any atom is 0.437 e. The predicted octanol–water partition coefficient (Wildman–Crippen LogP) is 0.438. The molecule has 6 heteroatoms. The van der Waals surface area contributed by atoms with Gasteiger partial charge in [-0.3, -0.25) is 5.48 Å². The highest BCUT2D eigenvalue weighted by atomic mass is 19.4. The molecule has 0 radical (unpaired) electrons. The molecule has 0 amide bonds. The van der Waals surface area contributed by atoms with Gasteiger partial charge in [0.15, 0.2) is 0 Å². The molecule has 9 heavy (non-hydrogen) atoms. The van der Waals surface area contributed by atoms with Crippen LogP contribution in [0.4, 0.5) is 13.2 Å². The van der Waals surface area contributed by atoms with Gasteiger partial charge in [-0.25, -0.2) is 9.83 Å². The normalized spacial score (nSPS) is 26.3. The van der Waals surface area contributed by atoms with E-state index in [0.717, 1.165) is 6.34 Å². The van der Waals surface area contributed by atoms with Gasteiger partial charge in [0.2, 0.25) is 0 Å². The van der Waals surface area contributed by atoms with Crippen molar-refractivity contribution in [3.63, 3.8) is 0 Å². The Labute approximate surface area is 48.5 Å². The lowest BCUT2D eigenvalue weighted by Crippen LogP contribution is -2.28. The lowest BCUT2D eigenvalue weighted by atomic mass is 10.6. The van der Waals surface area contributed by atoms with E-state index in [1.807, 2.05) is 5.48 Å². The number of hydrogen-bond acceptors (Lipinski definition) is 3. The van der Waals surface area contributed by atoms with E-state index in [4.69, 9.17) is 0 Å². The van der Waals surface area contributed by atoms with Crippen LogP contribution in [-0.2, 0) is 4.84 Å². The maximum absolute atomic E-state index is 11.5. The molecule has 1 N–H and O–H groups in total. The van der Waals surface area contributed by atoms with E-state index in [1.54, 1.807) is 0 Å². The lowest BCUT2D eigenvalue weighted by molar-refractivity contribution is -0.220. The first-order valence-corrected chi connectivity index (χ1v) is 2.10.